The number of urea groups is 1. The minimum Gasteiger partial charge on any atom is -0.508 e. The van der Waals surface area contributed by atoms with Gasteiger partial charge in [0.15, 0.2) is 6.23 Å². The topological polar surface area (TPSA) is 92.3 Å². The summed E-state index contributed by atoms with van der Waals surface area (Å²) < 4.78 is 5.51. The number of ether oxygens (including phenoxy) is 1. The van der Waals surface area contributed by atoms with Crippen molar-refractivity contribution in [2.45, 2.75) is 63.3 Å². The summed E-state index contributed by atoms with van der Waals surface area (Å²) >= 11 is 0. The molecule has 2 amide bonds. The summed E-state index contributed by atoms with van der Waals surface area (Å²) in [5.74, 6) is 0.912. The van der Waals surface area contributed by atoms with Crippen molar-refractivity contribution in [2.24, 2.45) is 0 Å². The van der Waals surface area contributed by atoms with Gasteiger partial charge in [-0.15, -0.1) is 0 Å². The van der Waals surface area contributed by atoms with Crippen LogP contribution in [0.2, 0.25) is 0 Å². The van der Waals surface area contributed by atoms with Gasteiger partial charge in [-0.3, -0.25) is 4.90 Å². The normalized spacial score (nSPS) is 25.9. The lowest BCUT2D eigenvalue weighted by molar-refractivity contribution is -0.0250. The lowest BCUT2D eigenvalue weighted by Gasteiger charge is -2.44. The number of likely N-dealkylation sites (tertiary alicyclic amines) is 1. The molecule has 38 heavy (non-hydrogen) atoms. The second-order valence-corrected chi connectivity index (χ2v) is 11.3. The van der Waals surface area contributed by atoms with Crippen LogP contribution < -0.4 is 4.74 Å². The van der Waals surface area contributed by atoms with E-state index in [0.29, 0.717) is 13.0 Å². The lowest BCUT2D eigenvalue weighted by atomic mass is 9.80. The molecule has 8 nitrogen and oxygen atoms in total. The van der Waals surface area contributed by atoms with E-state index in [2.05, 4.69) is 9.88 Å². The Balaban J connectivity index is 1.36. The van der Waals surface area contributed by atoms with Crippen LogP contribution in [-0.4, -0.2) is 81.0 Å². The molecule has 0 saturated carbocycles. The van der Waals surface area contributed by atoms with E-state index in [1.165, 1.54) is 25.7 Å². The highest BCUT2D eigenvalue weighted by Crippen LogP contribution is 2.50. The molecule has 1 unspecified atom stereocenters. The maximum absolute atomic E-state index is 14.1. The number of nitrogens with zero attached hydrogens (tertiary/aromatic N) is 3. The molecule has 3 aromatic rings. The van der Waals surface area contributed by atoms with E-state index in [4.69, 9.17) is 4.74 Å². The van der Waals surface area contributed by atoms with Gasteiger partial charge in [0.25, 0.3) is 0 Å². The number of rotatable bonds is 6. The van der Waals surface area contributed by atoms with Gasteiger partial charge < -0.3 is 29.7 Å². The van der Waals surface area contributed by atoms with Crippen LogP contribution in [-0.2, 0) is 6.42 Å². The zero-order chi connectivity index (χ0) is 26.4. The molecular weight excluding hydrogens is 480 g/mol. The first-order valence-electron chi connectivity index (χ1n) is 13.9. The molecule has 3 aliphatic heterocycles. The molecule has 0 radical (unpaired) electrons. The van der Waals surface area contributed by atoms with Crippen molar-refractivity contribution < 1.29 is 19.7 Å². The van der Waals surface area contributed by atoms with E-state index in [-0.39, 0.29) is 11.8 Å². The Kier molecular flexibility index (Phi) is 6.48. The average molecular weight is 519 g/mol. The average Bonchev–Trinajstić information content (AvgIpc) is 3.18. The standard InChI is InChI=1S/C30H38N4O4/c1-30-19-24-23-18-22(38-2)11-12-25(23)31-26(24)27(20-9-7-10-21(35)17-20)34(30)29(37)33(28(30)36)16-8-15-32-13-5-3-4-6-14-32/h7,9-12,17-18,27-28,31,35-36H,3-6,8,13-16,19H2,1-2H3/t27-,28?,30+/m1/s1. The quantitative estimate of drug-likeness (QED) is 0.443. The zero-order valence-corrected chi connectivity index (χ0v) is 22.3. The number of carbonyl (C=O) groups is 1. The highest BCUT2D eigenvalue weighted by atomic mass is 16.5. The van der Waals surface area contributed by atoms with Gasteiger partial charge in [-0.05, 0) is 87.3 Å². The zero-order valence-electron chi connectivity index (χ0n) is 22.3. The van der Waals surface area contributed by atoms with Crippen LogP contribution in [0.1, 0.15) is 61.9 Å². The highest BCUT2D eigenvalue weighted by molar-refractivity contribution is 5.89. The maximum Gasteiger partial charge on any atom is 0.323 e. The van der Waals surface area contributed by atoms with E-state index in [0.717, 1.165) is 59.5 Å². The van der Waals surface area contributed by atoms with Crippen molar-refractivity contribution in [3.8, 4) is 11.5 Å². The minimum atomic E-state index is -0.942. The molecule has 2 saturated heterocycles. The second kappa shape index (κ2) is 9.82. The number of methoxy groups -OCH3 is 1. The number of aromatic nitrogens is 1. The number of phenolic OH excluding ortho intramolecular Hbond substituents is 1. The molecule has 1 aromatic heterocycles. The molecule has 8 heteroatoms. The molecule has 3 aliphatic rings. The van der Waals surface area contributed by atoms with Crippen molar-refractivity contribution in [1.29, 1.82) is 0 Å². The Morgan fingerprint density at radius 2 is 1.87 bits per heavy atom. The van der Waals surface area contributed by atoms with E-state index in [9.17, 15) is 15.0 Å². The Labute approximate surface area is 223 Å². The van der Waals surface area contributed by atoms with Crippen LogP contribution >= 0.6 is 0 Å². The fourth-order valence-corrected chi connectivity index (χ4v) is 6.84. The Bertz CT molecular complexity index is 1330. The van der Waals surface area contributed by atoms with Crippen molar-refractivity contribution in [1.82, 2.24) is 19.7 Å². The predicted molar refractivity (Wildman–Crippen MR) is 146 cm³/mol. The Morgan fingerprint density at radius 1 is 1.08 bits per heavy atom. The number of nitrogens with one attached hydrogen (secondary N) is 1. The molecule has 6 rings (SSSR count). The molecule has 0 spiro atoms. The van der Waals surface area contributed by atoms with E-state index in [1.54, 1.807) is 30.2 Å². The van der Waals surface area contributed by atoms with Crippen molar-refractivity contribution in [3.63, 3.8) is 0 Å². The molecule has 3 atom stereocenters. The second-order valence-electron chi connectivity index (χ2n) is 11.3. The number of hydrogen-bond donors (Lipinski definition) is 3. The largest absolute Gasteiger partial charge is 0.508 e. The van der Waals surface area contributed by atoms with Gasteiger partial charge in [0.05, 0.1) is 12.6 Å². The Hall–Kier alpha value is -3.23. The summed E-state index contributed by atoms with van der Waals surface area (Å²) in [7, 11) is 1.65. The van der Waals surface area contributed by atoms with Crippen molar-refractivity contribution in [3.05, 3.63) is 59.3 Å². The predicted octanol–water partition coefficient (Wildman–Crippen LogP) is 4.61. The van der Waals surface area contributed by atoms with Crippen LogP contribution in [0, 0.1) is 0 Å². The smallest absolute Gasteiger partial charge is 0.323 e. The fraction of sp³-hybridized carbons (Fsp3) is 0.500. The monoisotopic (exact) mass is 518 g/mol. The van der Waals surface area contributed by atoms with Crippen LogP contribution in [0.3, 0.4) is 0 Å². The summed E-state index contributed by atoms with van der Waals surface area (Å²) in [5.41, 5.74) is 2.93. The molecule has 0 bridgehead atoms. The van der Waals surface area contributed by atoms with Crippen LogP contribution in [0.15, 0.2) is 42.5 Å². The number of carbonyl (C=O) groups excluding carboxylic acids is 1. The third-order valence-electron chi connectivity index (χ3n) is 8.82. The first kappa shape index (κ1) is 25.1. The first-order valence-corrected chi connectivity index (χ1v) is 13.9. The molecule has 0 aliphatic carbocycles. The summed E-state index contributed by atoms with van der Waals surface area (Å²) in [6.07, 6.45) is 5.46. The number of fused-ring (bicyclic) bond motifs is 4. The van der Waals surface area contributed by atoms with Crippen molar-refractivity contribution >= 4 is 16.9 Å². The summed E-state index contributed by atoms with van der Waals surface area (Å²) in [5, 5.41) is 23.1. The number of aliphatic hydroxyl groups excluding tert-OH is 1. The van der Waals surface area contributed by atoms with Crippen LogP contribution in [0.25, 0.3) is 10.9 Å². The number of benzene rings is 2. The van der Waals surface area contributed by atoms with Crippen LogP contribution in [0.4, 0.5) is 4.79 Å². The lowest BCUT2D eigenvalue weighted by Crippen LogP contribution is -2.55. The number of H-pyrrole nitrogens is 1. The first-order chi connectivity index (χ1) is 18.4. The van der Waals surface area contributed by atoms with Gasteiger partial charge in [0.2, 0.25) is 0 Å². The molecule has 2 aromatic carbocycles. The van der Waals surface area contributed by atoms with Gasteiger partial charge in [-0.2, -0.15) is 0 Å². The van der Waals surface area contributed by atoms with E-state index in [1.807, 2.05) is 36.1 Å². The summed E-state index contributed by atoms with van der Waals surface area (Å²) in [4.78, 5) is 23.6. The molecule has 4 heterocycles. The number of aliphatic hydroxyl groups is 1. The minimum absolute atomic E-state index is 0.149. The third kappa shape index (κ3) is 4.10. The maximum atomic E-state index is 14.1. The molecule has 2 fully saturated rings. The van der Waals surface area contributed by atoms with E-state index >= 15 is 0 Å². The SMILES string of the molecule is COc1ccc2[nH]c3c(c2c1)C[C@@]1(C)C(O)N(CCCN2CCCCCC2)C(=O)N1[C@@H]3c1cccc(O)c1. The third-order valence-corrected chi connectivity index (χ3v) is 8.82. The number of aromatic hydroxyl groups is 1. The molecule has 202 valence electrons. The van der Waals surface area contributed by atoms with Gasteiger partial charge in [0.1, 0.15) is 17.5 Å². The number of phenols is 1. The number of amides is 2. The summed E-state index contributed by atoms with van der Waals surface area (Å²) in [6.45, 7) is 5.67. The van der Waals surface area contributed by atoms with Gasteiger partial charge in [0, 0.05) is 29.6 Å². The molecular formula is C30H38N4O4. The highest BCUT2D eigenvalue weighted by Gasteiger charge is 2.59. The summed E-state index contributed by atoms with van der Waals surface area (Å²) in [6, 6.07) is 12.4. The van der Waals surface area contributed by atoms with Crippen LogP contribution in [0.5, 0.6) is 11.5 Å². The molecule has 3 N–H and O–H groups in total. The van der Waals surface area contributed by atoms with Gasteiger partial charge >= 0.3 is 6.03 Å². The van der Waals surface area contributed by atoms with E-state index < -0.39 is 17.8 Å². The Morgan fingerprint density at radius 3 is 2.61 bits per heavy atom. The van der Waals surface area contributed by atoms with Gasteiger partial charge in [-0.25, -0.2) is 4.79 Å². The number of aromatic amines is 1. The number of hydrogen-bond acceptors (Lipinski definition) is 5. The fourth-order valence-electron chi connectivity index (χ4n) is 6.84. The van der Waals surface area contributed by atoms with Crippen molar-refractivity contribution in [2.75, 3.05) is 33.3 Å². The van der Waals surface area contributed by atoms with Gasteiger partial charge in [-0.1, -0.05) is 25.0 Å².